The first-order valence-electron chi connectivity index (χ1n) is 5.47. The average molecular weight is 256 g/mol. The molecule has 0 radical (unpaired) electrons. The highest BCUT2D eigenvalue weighted by molar-refractivity contribution is 7.99. The van der Waals surface area contributed by atoms with Crippen molar-refractivity contribution < 1.29 is 20.1 Å². The molecule has 4 nitrogen and oxygen atoms in total. The maximum Gasteiger partial charge on any atom is 0.136 e. The van der Waals surface area contributed by atoms with Gasteiger partial charge in [-0.25, -0.2) is 0 Å². The standard InChI is InChI=1S/C12H16O4S/c1-7-2-4-8(5-3-7)17-12-11(15)10(14)9(6-13)16-12/h2-5,9-15H,6H2,1H3/t9-,10-,11+,12-/m0/s1. The van der Waals surface area contributed by atoms with Crippen LogP contribution in [0.1, 0.15) is 5.56 Å². The lowest BCUT2D eigenvalue weighted by atomic mass is 10.2. The van der Waals surface area contributed by atoms with Crippen LogP contribution >= 0.6 is 11.8 Å². The van der Waals surface area contributed by atoms with Gasteiger partial charge in [-0.05, 0) is 19.1 Å². The second-order valence-corrected chi connectivity index (χ2v) is 5.31. The molecule has 1 saturated heterocycles. The highest BCUT2D eigenvalue weighted by Crippen LogP contribution is 2.34. The summed E-state index contributed by atoms with van der Waals surface area (Å²) in [6, 6.07) is 7.83. The van der Waals surface area contributed by atoms with Crippen molar-refractivity contribution in [1.29, 1.82) is 0 Å². The highest BCUT2D eigenvalue weighted by Gasteiger charge is 2.42. The number of ether oxygens (including phenoxy) is 1. The predicted molar refractivity (Wildman–Crippen MR) is 64.8 cm³/mol. The van der Waals surface area contributed by atoms with Crippen LogP contribution in [0.15, 0.2) is 29.2 Å². The summed E-state index contributed by atoms with van der Waals surface area (Å²) >= 11 is 1.35. The molecule has 5 heteroatoms. The van der Waals surface area contributed by atoms with Crippen molar-refractivity contribution in [2.75, 3.05) is 6.61 Å². The van der Waals surface area contributed by atoms with Gasteiger partial charge in [0.15, 0.2) is 0 Å². The van der Waals surface area contributed by atoms with Gasteiger partial charge in [-0.3, -0.25) is 0 Å². The fraction of sp³-hybridized carbons (Fsp3) is 0.500. The average Bonchev–Trinajstić information content (AvgIpc) is 2.60. The molecule has 1 aliphatic heterocycles. The third-order valence-corrected chi connectivity index (χ3v) is 3.94. The van der Waals surface area contributed by atoms with Crippen LogP contribution in [0, 0.1) is 6.92 Å². The van der Waals surface area contributed by atoms with Crippen LogP contribution in [0.5, 0.6) is 0 Å². The summed E-state index contributed by atoms with van der Waals surface area (Å²) in [5.74, 6) is 0. The van der Waals surface area contributed by atoms with E-state index in [1.54, 1.807) is 0 Å². The van der Waals surface area contributed by atoms with Crippen molar-refractivity contribution in [2.45, 2.75) is 35.6 Å². The Morgan fingerprint density at radius 2 is 1.82 bits per heavy atom. The van der Waals surface area contributed by atoms with E-state index >= 15 is 0 Å². The molecule has 1 aliphatic rings. The fourth-order valence-electron chi connectivity index (χ4n) is 1.71. The van der Waals surface area contributed by atoms with Gasteiger partial charge in [-0.15, -0.1) is 0 Å². The number of hydrogen-bond donors (Lipinski definition) is 3. The molecule has 0 amide bonds. The van der Waals surface area contributed by atoms with Gasteiger partial charge in [-0.1, -0.05) is 29.5 Å². The number of thioether (sulfide) groups is 1. The van der Waals surface area contributed by atoms with E-state index in [-0.39, 0.29) is 6.61 Å². The first-order valence-corrected chi connectivity index (χ1v) is 6.35. The van der Waals surface area contributed by atoms with Gasteiger partial charge in [0.25, 0.3) is 0 Å². The maximum atomic E-state index is 9.77. The molecule has 4 atom stereocenters. The Morgan fingerprint density at radius 1 is 1.18 bits per heavy atom. The molecule has 0 aromatic heterocycles. The fourth-order valence-corrected chi connectivity index (χ4v) is 2.77. The van der Waals surface area contributed by atoms with Crippen molar-refractivity contribution in [1.82, 2.24) is 0 Å². The Kier molecular flexibility index (Phi) is 4.06. The van der Waals surface area contributed by atoms with Crippen LogP contribution < -0.4 is 0 Å². The molecule has 3 N–H and O–H groups in total. The first-order chi connectivity index (χ1) is 8.11. The molecule has 0 bridgehead atoms. The van der Waals surface area contributed by atoms with E-state index in [1.165, 1.54) is 11.8 Å². The molecule has 0 unspecified atom stereocenters. The zero-order valence-corrected chi connectivity index (χ0v) is 10.3. The number of aryl methyl sites for hydroxylation is 1. The molecule has 94 valence electrons. The minimum atomic E-state index is -1.03. The Balaban J connectivity index is 2.02. The molecule has 1 aromatic carbocycles. The number of hydrogen-bond acceptors (Lipinski definition) is 5. The van der Waals surface area contributed by atoms with Crippen LogP contribution in [-0.4, -0.2) is 45.7 Å². The Morgan fingerprint density at radius 3 is 2.35 bits per heavy atom. The lowest BCUT2D eigenvalue weighted by molar-refractivity contribution is -0.00808. The molecular formula is C12H16O4S. The SMILES string of the molecule is Cc1ccc(S[C@@H]2O[C@@H](CO)[C@H](O)[C@H]2O)cc1. The number of rotatable bonds is 3. The maximum absolute atomic E-state index is 9.77. The van der Waals surface area contributed by atoms with Crippen LogP contribution in [0.25, 0.3) is 0 Å². The topological polar surface area (TPSA) is 69.9 Å². The molecule has 1 fully saturated rings. The van der Waals surface area contributed by atoms with Crippen molar-refractivity contribution >= 4 is 11.8 Å². The minimum absolute atomic E-state index is 0.289. The van der Waals surface area contributed by atoms with E-state index in [4.69, 9.17) is 9.84 Å². The van der Waals surface area contributed by atoms with Crippen LogP contribution in [0.4, 0.5) is 0 Å². The van der Waals surface area contributed by atoms with Crippen molar-refractivity contribution in [2.24, 2.45) is 0 Å². The summed E-state index contributed by atoms with van der Waals surface area (Å²) < 4.78 is 5.38. The summed E-state index contributed by atoms with van der Waals surface area (Å²) in [4.78, 5) is 0.963. The van der Waals surface area contributed by atoms with Crippen LogP contribution in [-0.2, 0) is 4.74 Å². The minimum Gasteiger partial charge on any atom is -0.394 e. The largest absolute Gasteiger partial charge is 0.394 e. The molecule has 1 heterocycles. The van der Waals surface area contributed by atoms with Gasteiger partial charge in [0, 0.05) is 4.90 Å². The van der Waals surface area contributed by atoms with Gasteiger partial charge in [0.2, 0.25) is 0 Å². The number of aliphatic hydroxyl groups is 3. The van der Waals surface area contributed by atoms with Gasteiger partial charge >= 0.3 is 0 Å². The third kappa shape index (κ3) is 2.81. The molecular weight excluding hydrogens is 240 g/mol. The smallest absolute Gasteiger partial charge is 0.136 e. The quantitative estimate of drug-likeness (QED) is 0.736. The summed E-state index contributed by atoms with van der Waals surface area (Å²) in [5, 5.41) is 28.3. The molecule has 1 aromatic rings. The van der Waals surface area contributed by atoms with Crippen LogP contribution in [0.3, 0.4) is 0 Å². The van der Waals surface area contributed by atoms with E-state index in [1.807, 2.05) is 31.2 Å². The van der Waals surface area contributed by atoms with Gasteiger partial charge < -0.3 is 20.1 Å². The Hall–Kier alpha value is -0.590. The van der Waals surface area contributed by atoms with E-state index < -0.39 is 23.7 Å². The number of aliphatic hydroxyl groups excluding tert-OH is 3. The highest BCUT2D eigenvalue weighted by atomic mass is 32.2. The third-order valence-electron chi connectivity index (χ3n) is 2.77. The summed E-state index contributed by atoms with van der Waals surface area (Å²) in [7, 11) is 0. The summed E-state index contributed by atoms with van der Waals surface area (Å²) in [6.45, 7) is 1.71. The van der Waals surface area contributed by atoms with E-state index in [2.05, 4.69) is 0 Å². The van der Waals surface area contributed by atoms with Gasteiger partial charge in [-0.2, -0.15) is 0 Å². The second kappa shape index (κ2) is 5.37. The molecule has 0 aliphatic carbocycles. The predicted octanol–water partition coefficient (Wildman–Crippen LogP) is 0.526. The number of benzene rings is 1. The monoisotopic (exact) mass is 256 g/mol. The van der Waals surface area contributed by atoms with E-state index in [0.29, 0.717) is 0 Å². The summed E-state index contributed by atoms with van der Waals surface area (Å²) in [5.41, 5.74) is 0.625. The zero-order chi connectivity index (χ0) is 12.4. The van der Waals surface area contributed by atoms with Gasteiger partial charge in [0.05, 0.1) is 6.61 Å². The Labute approximate surface area is 104 Å². The normalized spacial score (nSPS) is 32.9. The lowest BCUT2D eigenvalue weighted by Crippen LogP contribution is -2.33. The Bertz CT molecular complexity index is 367. The lowest BCUT2D eigenvalue weighted by Gasteiger charge is -2.13. The molecule has 2 rings (SSSR count). The van der Waals surface area contributed by atoms with E-state index in [9.17, 15) is 10.2 Å². The van der Waals surface area contributed by atoms with Crippen molar-refractivity contribution in [3.8, 4) is 0 Å². The van der Waals surface area contributed by atoms with E-state index in [0.717, 1.165) is 10.5 Å². The van der Waals surface area contributed by atoms with Gasteiger partial charge in [0.1, 0.15) is 23.7 Å². The summed E-state index contributed by atoms with van der Waals surface area (Å²) in [6.07, 6.45) is -2.70. The molecule has 17 heavy (non-hydrogen) atoms. The molecule has 0 spiro atoms. The zero-order valence-electron chi connectivity index (χ0n) is 9.48. The van der Waals surface area contributed by atoms with Crippen molar-refractivity contribution in [3.05, 3.63) is 29.8 Å². The first kappa shape index (κ1) is 12.9. The van der Waals surface area contributed by atoms with Crippen molar-refractivity contribution in [3.63, 3.8) is 0 Å². The van der Waals surface area contributed by atoms with Crippen LogP contribution in [0.2, 0.25) is 0 Å². The second-order valence-electron chi connectivity index (χ2n) is 4.14. The molecule has 0 saturated carbocycles.